The van der Waals surface area contributed by atoms with Crippen molar-refractivity contribution in [3.05, 3.63) is 34.5 Å². The molecule has 23 heavy (non-hydrogen) atoms. The Bertz CT molecular complexity index is 605. The Labute approximate surface area is 158 Å². The molecule has 0 aromatic carbocycles. The minimum absolute atomic E-state index is 0. The van der Waals surface area contributed by atoms with Gasteiger partial charge in [-0.3, -0.25) is 4.99 Å². The van der Waals surface area contributed by atoms with Crippen LogP contribution in [0.1, 0.15) is 31.5 Å². The first kappa shape index (κ1) is 19.9. The lowest BCUT2D eigenvalue weighted by Gasteiger charge is -2.25. The van der Waals surface area contributed by atoms with Crippen LogP contribution in [0.25, 0.3) is 0 Å². The summed E-state index contributed by atoms with van der Waals surface area (Å²) in [7, 11) is 1.78. The first-order valence-electron chi connectivity index (χ1n) is 7.42. The molecule has 2 rings (SSSR count). The molecule has 0 aliphatic rings. The fraction of sp³-hybridized carbons (Fsp3) is 0.533. The van der Waals surface area contributed by atoms with Gasteiger partial charge in [-0.2, -0.15) is 0 Å². The van der Waals surface area contributed by atoms with Crippen molar-refractivity contribution in [2.75, 3.05) is 13.6 Å². The van der Waals surface area contributed by atoms with Gasteiger partial charge in [-0.05, 0) is 18.4 Å². The molecule has 0 spiro atoms. The second-order valence-electron chi connectivity index (χ2n) is 5.67. The third kappa shape index (κ3) is 5.45. The average molecular weight is 448 g/mol. The van der Waals surface area contributed by atoms with Gasteiger partial charge < -0.3 is 15.2 Å². The minimum Gasteiger partial charge on any atom is -0.356 e. The molecule has 2 heterocycles. The summed E-state index contributed by atoms with van der Waals surface area (Å²) in [6, 6.07) is 4.26. The molecule has 0 fully saturated rings. The van der Waals surface area contributed by atoms with Crippen LogP contribution in [0.5, 0.6) is 0 Å². The fourth-order valence-electron chi connectivity index (χ4n) is 2.12. The van der Waals surface area contributed by atoms with E-state index in [2.05, 4.69) is 64.1 Å². The number of aryl methyl sites for hydroxylation is 1. The zero-order valence-corrected chi connectivity index (χ0v) is 17.2. The lowest BCUT2D eigenvalue weighted by Crippen LogP contribution is -2.43. The number of hydrogen-bond donors (Lipinski definition) is 2. The number of nitrogens with zero attached hydrogens (tertiary/aromatic N) is 4. The second kappa shape index (κ2) is 9.21. The van der Waals surface area contributed by atoms with E-state index in [0.29, 0.717) is 6.54 Å². The van der Waals surface area contributed by atoms with Gasteiger partial charge in [0, 0.05) is 30.4 Å². The molecule has 6 nitrogen and oxygen atoms in total. The van der Waals surface area contributed by atoms with Crippen LogP contribution in [0.2, 0.25) is 0 Å². The summed E-state index contributed by atoms with van der Waals surface area (Å²) in [5, 5.41) is 16.8. The van der Waals surface area contributed by atoms with E-state index in [4.69, 9.17) is 0 Å². The van der Waals surface area contributed by atoms with Crippen LogP contribution in [0.3, 0.4) is 0 Å². The molecule has 0 aliphatic carbocycles. The molecule has 2 aromatic heterocycles. The molecular formula is C15H25IN6S. The summed E-state index contributed by atoms with van der Waals surface area (Å²) in [6.07, 6.45) is 1.74. The Morgan fingerprint density at radius 3 is 2.78 bits per heavy atom. The van der Waals surface area contributed by atoms with Crippen LogP contribution in [0.4, 0.5) is 0 Å². The van der Waals surface area contributed by atoms with Crippen molar-refractivity contribution in [2.24, 2.45) is 4.99 Å². The van der Waals surface area contributed by atoms with Crippen LogP contribution >= 0.6 is 35.3 Å². The van der Waals surface area contributed by atoms with E-state index < -0.39 is 0 Å². The SMILES string of the molecule is CCn1cnnc1CNC(=NC)NCC(C)(C)c1cccs1.I. The lowest BCUT2D eigenvalue weighted by molar-refractivity contribution is 0.517. The van der Waals surface area contributed by atoms with Gasteiger partial charge in [0.15, 0.2) is 11.8 Å². The predicted octanol–water partition coefficient (Wildman–Crippen LogP) is 2.62. The van der Waals surface area contributed by atoms with Gasteiger partial charge in [0.1, 0.15) is 6.33 Å². The molecule has 0 unspecified atom stereocenters. The standard InChI is InChI=1S/C15H24N6S.HI/c1-5-21-11-19-20-13(21)9-17-14(16-4)18-10-15(2,3)12-7-6-8-22-12;/h6-8,11H,5,9-10H2,1-4H3,(H2,16,17,18);1H. The highest BCUT2D eigenvalue weighted by molar-refractivity contribution is 14.0. The number of thiophene rings is 1. The van der Waals surface area contributed by atoms with E-state index in [-0.39, 0.29) is 29.4 Å². The van der Waals surface area contributed by atoms with Crippen molar-refractivity contribution in [3.63, 3.8) is 0 Å². The zero-order chi connectivity index (χ0) is 16.0. The quantitative estimate of drug-likeness (QED) is 0.405. The fourth-order valence-corrected chi connectivity index (χ4v) is 2.97. The zero-order valence-electron chi connectivity index (χ0n) is 14.0. The van der Waals surface area contributed by atoms with E-state index in [1.807, 2.05) is 4.57 Å². The molecule has 0 saturated carbocycles. The number of aromatic nitrogens is 3. The van der Waals surface area contributed by atoms with E-state index >= 15 is 0 Å². The monoisotopic (exact) mass is 448 g/mol. The number of nitrogens with one attached hydrogen (secondary N) is 2. The van der Waals surface area contributed by atoms with E-state index in [1.165, 1.54) is 4.88 Å². The number of halogens is 1. The summed E-state index contributed by atoms with van der Waals surface area (Å²) in [6.45, 7) is 8.81. The number of rotatable bonds is 6. The highest BCUT2D eigenvalue weighted by Gasteiger charge is 2.21. The Morgan fingerprint density at radius 1 is 1.39 bits per heavy atom. The van der Waals surface area contributed by atoms with E-state index in [9.17, 15) is 0 Å². The summed E-state index contributed by atoms with van der Waals surface area (Å²) in [5.41, 5.74) is 0.0647. The Kier molecular flexibility index (Phi) is 7.97. The number of guanidine groups is 1. The summed E-state index contributed by atoms with van der Waals surface area (Å²) < 4.78 is 2.01. The van der Waals surface area contributed by atoms with Gasteiger partial charge in [0.25, 0.3) is 0 Å². The molecule has 0 bridgehead atoms. The summed E-state index contributed by atoms with van der Waals surface area (Å²) >= 11 is 1.78. The lowest BCUT2D eigenvalue weighted by atomic mass is 9.91. The highest BCUT2D eigenvalue weighted by Crippen LogP contribution is 2.26. The van der Waals surface area contributed by atoms with Crippen LogP contribution in [0.15, 0.2) is 28.8 Å². The molecule has 0 aliphatic heterocycles. The molecular weight excluding hydrogens is 423 g/mol. The molecule has 0 saturated heterocycles. The first-order valence-corrected chi connectivity index (χ1v) is 8.30. The van der Waals surface area contributed by atoms with Gasteiger partial charge >= 0.3 is 0 Å². The van der Waals surface area contributed by atoms with Crippen LogP contribution in [-0.4, -0.2) is 34.3 Å². The maximum absolute atomic E-state index is 4.27. The molecule has 2 aromatic rings. The first-order chi connectivity index (χ1) is 10.6. The van der Waals surface area contributed by atoms with Crippen molar-refractivity contribution in [1.29, 1.82) is 0 Å². The van der Waals surface area contributed by atoms with Gasteiger partial charge in [0.2, 0.25) is 0 Å². The Morgan fingerprint density at radius 2 is 2.17 bits per heavy atom. The van der Waals surface area contributed by atoms with Gasteiger partial charge in [0.05, 0.1) is 6.54 Å². The normalized spacial score (nSPS) is 11.9. The van der Waals surface area contributed by atoms with Crippen LogP contribution < -0.4 is 10.6 Å². The maximum Gasteiger partial charge on any atom is 0.191 e. The third-order valence-electron chi connectivity index (χ3n) is 3.56. The van der Waals surface area contributed by atoms with Gasteiger partial charge in [-0.1, -0.05) is 19.9 Å². The van der Waals surface area contributed by atoms with Crippen molar-refractivity contribution in [2.45, 2.75) is 39.3 Å². The van der Waals surface area contributed by atoms with E-state index in [1.54, 1.807) is 24.7 Å². The molecule has 0 amide bonds. The summed E-state index contributed by atoms with van der Waals surface area (Å²) in [4.78, 5) is 5.63. The Hall–Kier alpha value is -1.16. The number of hydrogen-bond acceptors (Lipinski definition) is 4. The Balaban J connectivity index is 0.00000264. The molecule has 0 radical (unpaired) electrons. The second-order valence-corrected chi connectivity index (χ2v) is 6.62. The van der Waals surface area contributed by atoms with Crippen molar-refractivity contribution in [3.8, 4) is 0 Å². The van der Waals surface area contributed by atoms with Crippen LogP contribution in [-0.2, 0) is 18.5 Å². The van der Waals surface area contributed by atoms with Gasteiger partial charge in [-0.15, -0.1) is 45.5 Å². The van der Waals surface area contributed by atoms with Crippen molar-refractivity contribution >= 4 is 41.3 Å². The van der Waals surface area contributed by atoms with Crippen molar-refractivity contribution < 1.29 is 0 Å². The molecule has 128 valence electrons. The largest absolute Gasteiger partial charge is 0.356 e. The molecule has 2 N–H and O–H groups in total. The predicted molar refractivity (Wildman–Crippen MR) is 107 cm³/mol. The molecule has 8 heteroatoms. The third-order valence-corrected chi connectivity index (χ3v) is 4.80. The van der Waals surface area contributed by atoms with E-state index in [0.717, 1.165) is 24.9 Å². The summed E-state index contributed by atoms with van der Waals surface area (Å²) in [5.74, 6) is 1.68. The maximum atomic E-state index is 4.27. The van der Waals surface area contributed by atoms with Crippen molar-refractivity contribution in [1.82, 2.24) is 25.4 Å². The van der Waals surface area contributed by atoms with Crippen LogP contribution in [0, 0.1) is 0 Å². The molecule has 0 atom stereocenters. The smallest absolute Gasteiger partial charge is 0.191 e. The highest BCUT2D eigenvalue weighted by atomic mass is 127. The minimum atomic E-state index is 0. The average Bonchev–Trinajstić information content (AvgIpc) is 3.18. The van der Waals surface area contributed by atoms with Gasteiger partial charge in [-0.25, -0.2) is 0 Å². The number of aliphatic imine (C=N–C) groups is 1. The topological polar surface area (TPSA) is 67.1 Å².